The van der Waals surface area contributed by atoms with Gasteiger partial charge in [0, 0.05) is 39.8 Å². The Bertz CT molecular complexity index is 651. The molecule has 0 aromatic rings. The first-order chi connectivity index (χ1) is 12.9. The first-order valence-corrected chi connectivity index (χ1v) is 10.6. The fourth-order valence-corrected chi connectivity index (χ4v) is 3.50. The number of likely N-dealkylation sites (N-methyl/N-ethyl adjacent to an activating group) is 1. The zero-order valence-electron chi connectivity index (χ0n) is 17.1. The van der Waals surface area contributed by atoms with E-state index >= 15 is 0 Å². The molecule has 1 rings (SSSR count). The molecule has 13 heteroatoms. The summed E-state index contributed by atoms with van der Waals surface area (Å²) < 4.78 is 61.3. The van der Waals surface area contributed by atoms with Gasteiger partial charge in [-0.1, -0.05) is 6.92 Å². The molecule has 1 aliphatic rings. The monoisotopic (exact) mass is 557 g/mol. The summed E-state index contributed by atoms with van der Waals surface area (Å²) in [4.78, 5) is 17.4. The van der Waals surface area contributed by atoms with Gasteiger partial charge in [0.15, 0.2) is 5.96 Å². The van der Waals surface area contributed by atoms with Crippen LogP contribution in [0.3, 0.4) is 0 Å². The average molecular weight is 557 g/mol. The molecule has 1 saturated heterocycles. The summed E-state index contributed by atoms with van der Waals surface area (Å²) in [6.45, 7) is 4.03. The summed E-state index contributed by atoms with van der Waals surface area (Å²) in [6, 6.07) is 0.125. The van der Waals surface area contributed by atoms with E-state index in [4.69, 9.17) is 0 Å². The number of carbonyl (C=O) groups is 1. The largest absolute Gasteiger partial charge is 0.511 e. The molecule has 2 N–H and O–H groups in total. The third-order valence-corrected chi connectivity index (χ3v) is 6.26. The van der Waals surface area contributed by atoms with Crippen LogP contribution in [0, 0.1) is 5.92 Å². The van der Waals surface area contributed by atoms with E-state index in [2.05, 4.69) is 15.6 Å². The van der Waals surface area contributed by atoms with Crippen LogP contribution in [-0.2, 0) is 14.8 Å². The Morgan fingerprint density at radius 1 is 1.28 bits per heavy atom. The van der Waals surface area contributed by atoms with Crippen molar-refractivity contribution in [3.63, 3.8) is 0 Å². The molecule has 1 amide bonds. The van der Waals surface area contributed by atoms with Crippen molar-refractivity contribution in [2.45, 2.75) is 44.7 Å². The van der Waals surface area contributed by atoms with E-state index < -0.39 is 15.5 Å². The van der Waals surface area contributed by atoms with E-state index in [1.54, 1.807) is 14.1 Å². The molecule has 8 nitrogen and oxygen atoms in total. The lowest BCUT2D eigenvalue weighted by molar-refractivity contribution is -0.127. The number of guanidine groups is 1. The molecule has 1 aliphatic heterocycles. The molecular weight excluding hydrogens is 526 g/mol. The highest BCUT2D eigenvalue weighted by Gasteiger charge is 2.50. The zero-order chi connectivity index (χ0) is 21.5. The van der Waals surface area contributed by atoms with Crippen LogP contribution in [0.15, 0.2) is 4.99 Å². The second kappa shape index (κ2) is 12.1. The van der Waals surface area contributed by atoms with Gasteiger partial charge in [0.2, 0.25) is 5.91 Å². The first kappa shape index (κ1) is 28.2. The summed E-state index contributed by atoms with van der Waals surface area (Å²) in [5.41, 5.74) is -5.27. The van der Waals surface area contributed by atoms with Gasteiger partial charge in [-0.25, -0.2) is 13.4 Å². The highest BCUT2D eigenvalue weighted by atomic mass is 127. The third-order valence-electron chi connectivity index (χ3n) is 4.63. The SMILES string of the molecule is CCC(C)NC(=NCC(=O)N(C)C)NCC1CCN(S(=O)(=O)C(F)(F)F)CC1.I. The molecule has 1 atom stereocenters. The van der Waals surface area contributed by atoms with Gasteiger partial charge in [-0.2, -0.15) is 17.5 Å². The van der Waals surface area contributed by atoms with Crippen molar-refractivity contribution in [1.82, 2.24) is 19.8 Å². The van der Waals surface area contributed by atoms with Crippen molar-refractivity contribution in [2.24, 2.45) is 10.9 Å². The summed E-state index contributed by atoms with van der Waals surface area (Å²) in [5, 5.41) is 6.28. The van der Waals surface area contributed by atoms with Gasteiger partial charge in [-0.15, -0.1) is 24.0 Å². The van der Waals surface area contributed by atoms with Crippen LogP contribution < -0.4 is 10.6 Å². The van der Waals surface area contributed by atoms with Gasteiger partial charge >= 0.3 is 15.5 Å². The Morgan fingerprint density at radius 2 is 1.83 bits per heavy atom. The molecule has 0 bridgehead atoms. The Morgan fingerprint density at radius 3 is 2.28 bits per heavy atom. The molecule has 0 aliphatic carbocycles. The van der Waals surface area contributed by atoms with Crippen LogP contribution in [0.25, 0.3) is 0 Å². The lowest BCUT2D eigenvalue weighted by Crippen LogP contribution is -2.48. The van der Waals surface area contributed by atoms with Crippen LogP contribution >= 0.6 is 24.0 Å². The lowest BCUT2D eigenvalue weighted by atomic mass is 9.98. The van der Waals surface area contributed by atoms with E-state index in [9.17, 15) is 26.4 Å². The molecule has 0 aromatic carbocycles. The predicted molar refractivity (Wildman–Crippen MR) is 117 cm³/mol. The lowest BCUT2D eigenvalue weighted by Gasteiger charge is -2.32. The van der Waals surface area contributed by atoms with Gasteiger partial charge < -0.3 is 15.5 Å². The maximum Gasteiger partial charge on any atom is 0.511 e. The predicted octanol–water partition coefficient (Wildman–Crippen LogP) is 1.59. The van der Waals surface area contributed by atoms with Gasteiger partial charge in [-0.3, -0.25) is 4.79 Å². The topological polar surface area (TPSA) is 94.1 Å². The maximum atomic E-state index is 12.6. The smallest absolute Gasteiger partial charge is 0.356 e. The van der Waals surface area contributed by atoms with Crippen molar-refractivity contribution in [3.8, 4) is 0 Å². The van der Waals surface area contributed by atoms with E-state index in [0.29, 0.717) is 29.7 Å². The number of carbonyl (C=O) groups excluding carboxylic acids is 1. The Hall–Kier alpha value is -0.830. The minimum atomic E-state index is -5.27. The van der Waals surface area contributed by atoms with E-state index in [1.807, 2.05) is 13.8 Å². The van der Waals surface area contributed by atoms with Crippen LogP contribution in [0.2, 0.25) is 0 Å². The number of hydrogen-bond acceptors (Lipinski definition) is 4. The number of amides is 1. The third kappa shape index (κ3) is 8.82. The molecule has 1 heterocycles. The van der Waals surface area contributed by atoms with Crippen LogP contribution in [0.4, 0.5) is 13.2 Å². The number of nitrogens with one attached hydrogen (secondary N) is 2. The number of sulfonamides is 1. The molecular formula is C16H31F3IN5O3S. The van der Waals surface area contributed by atoms with E-state index in [1.165, 1.54) is 4.90 Å². The minimum absolute atomic E-state index is 0. The number of hydrogen-bond donors (Lipinski definition) is 2. The Balaban J connectivity index is 0.00000784. The van der Waals surface area contributed by atoms with Crippen molar-refractivity contribution >= 4 is 45.9 Å². The Kier molecular flexibility index (Phi) is 11.8. The number of rotatable bonds is 7. The van der Waals surface area contributed by atoms with E-state index in [0.717, 1.165) is 6.42 Å². The fraction of sp³-hybridized carbons (Fsp3) is 0.875. The van der Waals surface area contributed by atoms with Crippen molar-refractivity contribution in [3.05, 3.63) is 0 Å². The van der Waals surface area contributed by atoms with Gasteiger partial charge in [0.1, 0.15) is 6.54 Å². The summed E-state index contributed by atoms with van der Waals surface area (Å²) in [5.74, 6) is 0.305. The van der Waals surface area contributed by atoms with Crippen molar-refractivity contribution < 1.29 is 26.4 Å². The molecule has 1 unspecified atom stereocenters. The normalized spacial score (nSPS) is 18.0. The van der Waals surface area contributed by atoms with Crippen LogP contribution in [-0.4, -0.2) is 81.3 Å². The number of aliphatic imine (C=N–C) groups is 1. The standard InChI is InChI=1S/C16H30F3N5O3S.HI/c1-5-12(2)22-15(21-11-14(25)23(3)4)20-10-13-6-8-24(9-7-13)28(26,27)16(17,18)19;/h12-13H,5-11H2,1-4H3,(H2,20,21,22);1H. The Labute approximate surface area is 187 Å². The highest BCUT2D eigenvalue weighted by Crippen LogP contribution is 2.30. The molecule has 1 fully saturated rings. The molecule has 0 aromatic heterocycles. The first-order valence-electron chi connectivity index (χ1n) is 9.19. The van der Waals surface area contributed by atoms with E-state index in [-0.39, 0.29) is 61.5 Å². The van der Waals surface area contributed by atoms with Crippen molar-refractivity contribution in [2.75, 3.05) is 40.3 Å². The summed E-state index contributed by atoms with van der Waals surface area (Å²) in [6.07, 6.45) is 1.47. The van der Waals surface area contributed by atoms with Gasteiger partial charge in [0.05, 0.1) is 0 Å². The number of nitrogens with zero attached hydrogens (tertiary/aromatic N) is 3. The fourth-order valence-electron chi connectivity index (χ4n) is 2.52. The molecule has 0 radical (unpaired) electrons. The summed E-state index contributed by atoms with van der Waals surface area (Å²) >= 11 is 0. The quantitative estimate of drug-likeness (QED) is 0.282. The maximum absolute atomic E-state index is 12.6. The molecule has 29 heavy (non-hydrogen) atoms. The summed E-state index contributed by atoms with van der Waals surface area (Å²) in [7, 11) is -2.00. The second-order valence-electron chi connectivity index (χ2n) is 7.08. The van der Waals surface area contributed by atoms with Gasteiger partial charge in [-0.05, 0) is 32.1 Å². The molecule has 0 spiro atoms. The second-order valence-corrected chi connectivity index (χ2v) is 9.01. The highest BCUT2D eigenvalue weighted by molar-refractivity contribution is 14.0. The van der Waals surface area contributed by atoms with Gasteiger partial charge in [0.25, 0.3) is 0 Å². The molecule has 172 valence electrons. The van der Waals surface area contributed by atoms with Crippen molar-refractivity contribution in [1.29, 1.82) is 0 Å². The average Bonchev–Trinajstić information content (AvgIpc) is 2.62. The van der Waals surface area contributed by atoms with Crippen LogP contribution in [0.5, 0.6) is 0 Å². The number of alkyl halides is 3. The molecule has 0 saturated carbocycles. The van der Waals surface area contributed by atoms with Crippen LogP contribution in [0.1, 0.15) is 33.1 Å². The minimum Gasteiger partial charge on any atom is -0.356 e. The number of halogens is 4. The number of piperidine rings is 1. The zero-order valence-corrected chi connectivity index (χ0v) is 20.3.